The topological polar surface area (TPSA) is 70.7 Å². The normalized spacial score (nSPS) is 15.0. The molecule has 2 rings (SSSR count). The molecule has 0 aromatic heterocycles. The van der Waals surface area contributed by atoms with Gasteiger partial charge in [-0.2, -0.15) is 0 Å². The third-order valence-electron chi connectivity index (χ3n) is 3.69. The molecule has 2 amide bonds. The third-order valence-corrected chi connectivity index (χ3v) is 3.69. The highest BCUT2D eigenvalue weighted by atomic mass is 35.5. The second-order valence-corrected chi connectivity index (χ2v) is 5.43. The predicted molar refractivity (Wildman–Crippen MR) is 92.3 cm³/mol. The van der Waals surface area contributed by atoms with Gasteiger partial charge >= 0.3 is 0 Å². The summed E-state index contributed by atoms with van der Waals surface area (Å²) in [5.41, 5.74) is 0.877. The second kappa shape index (κ2) is 9.37. The van der Waals surface area contributed by atoms with Crippen molar-refractivity contribution in [2.24, 2.45) is 0 Å². The minimum atomic E-state index is -0.152. The van der Waals surface area contributed by atoms with Gasteiger partial charge in [0.1, 0.15) is 5.75 Å². The summed E-state index contributed by atoms with van der Waals surface area (Å²) in [5, 5.41) is 5.83. The van der Waals surface area contributed by atoms with Crippen LogP contribution >= 0.6 is 12.4 Å². The summed E-state index contributed by atoms with van der Waals surface area (Å²) in [5.74, 6) is 0.625. The summed E-state index contributed by atoms with van der Waals surface area (Å²) in [4.78, 5) is 25.1. The van der Waals surface area contributed by atoms with E-state index in [1.807, 2.05) is 26.1 Å². The van der Waals surface area contributed by atoms with Crippen molar-refractivity contribution in [1.29, 1.82) is 0 Å². The maximum absolute atomic E-state index is 11.7. The molecule has 6 nitrogen and oxygen atoms in total. The lowest BCUT2D eigenvalue weighted by Crippen LogP contribution is -2.39. The van der Waals surface area contributed by atoms with Gasteiger partial charge in [0.2, 0.25) is 5.91 Å². The van der Waals surface area contributed by atoms with Crippen LogP contribution in [0.5, 0.6) is 5.75 Å². The van der Waals surface area contributed by atoms with Crippen molar-refractivity contribution >= 4 is 29.9 Å². The number of likely N-dealkylation sites (N-methyl/N-ethyl adjacent to an activating group) is 1. The Kier molecular flexibility index (Phi) is 7.85. The van der Waals surface area contributed by atoms with E-state index in [0.29, 0.717) is 18.7 Å². The van der Waals surface area contributed by atoms with Crippen LogP contribution in [0.2, 0.25) is 0 Å². The molecule has 0 saturated carbocycles. The van der Waals surface area contributed by atoms with Gasteiger partial charge < -0.3 is 20.3 Å². The minimum absolute atomic E-state index is 0. The molecule has 1 saturated heterocycles. The summed E-state index contributed by atoms with van der Waals surface area (Å²) in [6.07, 6.45) is 1.52. The fraction of sp³-hybridized carbons (Fsp3) is 0.500. The van der Waals surface area contributed by atoms with Crippen LogP contribution in [0, 0.1) is 0 Å². The van der Waals surface area contributed by atoms with Crippen LogP contribution in [-0.4, -0.2) is 44.6 Å². The summed E-state index contributed by atoms with van der Waals surface area (Å²) in [7, 11) is 1.85. The van der Waals surface area contributed by atoms with Crippen molar-refractivity contribution in [3.05, 3.63) is 24.3 Å². The number of anilines is 1. The number of amides is 2. The molecule has 0 bridgehead atoms. The van der Waals surface area contributed by atoms with Crippen LogP contribution < -0.4 is 20.3 Å². The monoisotopic (exact) mass is 341 g/mol. The van der Waals surface area contributed by atoms with Gasteiger partial charge in [0.05, 0.1) is 0 Å². The Bertz CT molecular complexity index is 522. The van der Waals surface area contributed by atoms with Gasteiger partial charge in [0.15, 0.2) is 6.61 Å². The van der Waals surface area contributed by atoms with E-state index >= 15 is 0 Å². The van der Waals surface area contributed by atoms with E-state index in [-0.39, 0.29) is 36.9 Å². The highest BCUT2D eigenvalue weighted by Crippen LogP contribution is 2.23. The molecule has 2 N–H and O–H groups in total. The lowest BCUT2D eigenvalue weighted by Gasteiger charge is -2.16. The van der Waals surface area contributed by atoms with E-state index in [4.69, 9.17) is 4.74 Å². The number of benzene rings is 1. The Morgan fingerprint density at radius 1 is 1.35 bits per heavy atom. The Hall–Kier alpha value is -1.79. The van der Waals surface area contributed by atoms with Crippen LogP contribution in [0.3, 0.4) is 0 Å². The highest BCUT2D eigenvalue weighted by molar-refractivity contribution is 5.95. The molecule has 23 heavy (non-hydrogen) atoms. The predicted octanol–water partition coefficient (Wildman–Crippen LogP) is 1.34. The molecular formula is C16H24ClN3O3. The first-order valence-corrected chi connectivity index (χ1v) is 7.57. The van der Waals surface area contributed by atoms with Crippen molar-refractivity contribution in [3.63, 3.8) is 0 Å². The van der Waals surface area contributed by atoms with E-state index in [1.54, 1.807) is 17.0 Å². The van der Waals surface area contributed by atoms with Crippen LogP contribution in [0.1, 0.15) is 19.8 Å². The summed E-state index contributed by atoms with van der Waals surface area (Å²) in [6.45, 7) is 3.30. The van der Waals surface area contributed by atoms with Crippen molar-refractivity contribution in [2.45, 2.75) is 25.8 Å². The molecule has 0 aliphatic carbocycles. The number of ether oxygens (including phenoxy) is 1. The van der Waals surface area contributed by atoms with Crippen LogP contribution in [0.25, 0.3) is 0 Å². The number of nitrogens with one attached hydrogen (secondary N) is 2. The molecule has 1 heterocycles. The van der Waals surface area contributed by atoms with Crippen LogP contribution in [0.4, 0.5) is 5.69 Å². The summed E-state index contributed by atoms with van der Waals surface area (Å²) < 4.78 is 5.44. The molecule has 1 fully saturated rings. The highest BCUT2D eigenvalue weighted by Gasteiger charge is 2.21. The van der Waals surface area contributed by atoms with Crippen molar-refractivity contribution < 1.29 is 14.3 Å². The molecule has 128 valence electrons. The second-order valence-electron chi connectivity index (χ2n) is 5.43. The lowest BCUT2D eigenvalue weighted by atomic mass is 10.3. The molecule has 1 atom stereocenters. The van der Waals surface area contributed by atoms with E-state index < -0.39 is 0 Å². The molecule has 7 heteroatoms. The first kappa shape index (κ1) is 19.3. The third kappa shape index (κ3) is 5.73. The average molecular weight is 342 g/mol. The van der Waals surface area contributed by atoms with Gasteiger partial charge in [0.25, 0.3) is 5.91 Å². The van der Waals surface area contributed by atoms with Crippen molar-refractivity contribution in [2.75, 3.05) is 31.6 Å². The molecular weight excluding hydrogens is 318 g/mol. The van der Waals surface area contributed by atoms with Gasteiger partial charge in [0, 0.05) is 31.2 Å². The van der Waals surface area contributed by atoms with Crippen molar-refractivity contribution in [1.82, 2.24) is 10.6 Å². The fourth-order valence-electron chi connectivity index (χ4n) is 2.21. The minimum Gasteiger partial charge on any atom is -0.484 e. The van der Waals surface area contributed by atoms with E-state index in [0.717, 1.165) is 18.7 Å². The number of hydrogen-bond acceptors (Lipinski definition) is 4. The number of hydrogen-bond donors (Lipinski definition) is 2. The van der Waals surface area contributed by atoms with E-state index in [2.05, 4.69) is 10.6 Å². The fourth-order valence-corrected chi connectivity index (χ4v) is 2.21. The zero-order valence-corrected chi connectivity index (χ0v) is 14.3. The smallest absolute Gasteiger partial charge is 0.257 e. The van der Waals surface area contributed by atoms with Gasteiger partial charge in [-0.25, -0.2) is 0 Å². The zero-order valence-electron chi connectivity index (χ0n) is 13.5. The molecule has 1 aliphatic rings. The number of halogens is 1. The number of rotatable bonds is 7. The van der Waals surface area contributed by atoms with Crippen LogP contribution in [0.15, 0.2) is 24.3 Å². The van der Waals surface area contributed by atoms with Crippen molar-refractivity contribution in [3.8, 4) is 5.75 Å². The maximum Gasteiger partial charge on any atom is 0.257 e. The Morgan fingerprint density at radius 2 is 2.04 bits per heavy atom. The Balaban J connectivity index is 0.00000264. The average Bonchev–Trinajstić information content (AvgIpc) is 2.97. The largest absolute Gasteiger partial charge is 0.484 e. The standard InChI is InChI=1S/C16H23N3O3.ClH/c1-12(17-2)10-18-15(20)11-22-14-7-5-13(6-8-14)19-9-3-4-16(19)21;/h5-8,12,17H,3-4,9-11H2,1-2H3,(H,18,20);1H. The molecule has 0 radical (unpaired) electrons. The van der Waals surface area contributed by atoms with Gasteiger partial charge in [-0.1, -0.05) is 0 Å². The Labute approximate surface area is 143 Å². The molecule has 1 aromatic carbocycles. The van der Waals surface area contributed by atoms with E-state index in [9.17, 15) is 9.59 Å². The summed E-state index contributed by atoms with van der Waals surface area (Å²) in [6, 6.07) is 7.48. The maximum atomic E-state index is 11.7. The Morgan fingerprint density at radius 3 is 2.61 bits per heavy atom. The number of nitrogens with zero attached hydrogens (tertiary/aromatic N) is 1. The molecule has 1 unspecified atom stereocenters. The SMILES string of the molecule is CNC(C)CNC(=O)COc1ccc(N2CCCC2=O)cc1.Cl. The van der Waals surface area contributed by atoms with Gasteiger partial charge in [-0.05, 0) is 44.7 Å². The zero-order chi connectivity index (χ0) is 15.9. The summed E-state index contributed by atoms with van der Waals surface area (Å²) >= 11 is 0. The van der Waals surface area contributed by atoms with Gasteiger partial charge in [-0.15, -0.1) is 12.4 Å². The lowest BCUT2D eigenvalue weighted by molar-refractivity contribution is -0.123. The number of carbonyl (C=O) groups excluding carboxylic acids is 2. The van der Waals surface area contributed by atoms with Gasteiger partial charge in [-0.3, -0.25) is 9.59 Å². The molecule has 1 aromatic rings. The first-order valence-electron chi connectivity index (χ1n) is 7.57. The van der Waals surface area contributed by atoms with E-state index in [1.165, 1.54) is 0 Å². The first-order chi connectivity index (χ1) is 10.6. The molecule has 1 aliphatic heterocycles. The quantitative estimate of drug-likeness (QED) is 0.785. The van der Waals surface area contributed by atoms with Crippen LogP contribution in [-0.2, 0) is 9.59 Å². The molecule has 0 spiro atoms. The number of carbonyl (C=O) groups is 2.